The van der Waals surface area contributed by atoms with Crippen LogP contribution in [-0.2, 0) is 11.8 Å². The molecule has 1 fully saturated rings. The Morgan fingerprint density at radius 2 is 2.03 bits per heavy atom. The largest absolute Gasteiger partial charge is 0.337 e. The quantitative estimate of drug-likeness (QED) is 0.650. The summed E-state index contributed by atoms with van der Waals surface area (Å²) in [5.74, 6) is 0.930. The van der Waals surface area contributed by atoms with E-state index in [2.05, 4.69) is 25.6 Å². The van der Waals surface area contributed by atoms with Crippen LogP contribution in [-0.4, -0.2) is 56.3 Å². The molecular weight excluding hydrogens is 402 g/mol. The van der Waals surface area contributed by atoms with Gasteiger partial charge in [0.1, 0.15) is 5.82 Å². The van der Waals surface area contributed by atoms with E-state index in [-0.39, 0.29) is 24.4 Å². The maximum atomic E-state index is 12.9. The fraction of sp³-hybridized carbons (Fsp3) is 0.381. The maximum Gasteiger partial charge on any atom is 0.238 e. The van der Waals surface area contributed by atoms with E-state index in [9.17, 15) is 4.79 Å². The number of benzene rings is 1. The van der Waals surface area contributed by atoms with E-state index >= 15 is 0 Å². The molecule has 3 heterocycles. The molecule has 1 saturated heterocycles. The van der Waals surface area contributed by atoms with Crippen LogP contribution < -0.4 is 10.6 Å². The second-order valence-corrected chi connectivity index (χ2v) is 7.43. The molecule has 30 heavy (non-hydrogen) atoms. The fourth-order valence-electron chi connectivity index (χ4n) is 3.90. The molecular formula is C21H28ClN7O. The first-order valence-corrected chi connectivity index (χ1v) is 9.88. The molecule has 4 rings (SSSR count). The van der Waals surface area contributed by atoms with Gasteiger partial charge in [-0.1, -0.05) is 18.2 Å². The summed E-state index contributed by atoms with van der Waals surface area (Å²) in [5.41, 5.74) is 3.48. The summed E-state index contributed by atoms with van der Waals surface area (Å²) in [6, 6.07) is 10.0. The van der Waals surface area contributed by atoms with Crippen LogP contribution in [0, 0.1) is 13.8 Å². The van der Waals surface area contributed by atoms with Crippen molar-refractivity contribution in [3.05, 3.63) is 59.9 Å². The van der Waals surface area contributed by atoms with Crippen molar-refractivity contribution in [2.24, 2.45) is 7.05 Å². The molecule has 2 N–H and O–H groups in total. The van der Waals surface area contributed by atoms with Crippen LogP contribution in [0.2, 0.25) is 0 Å². The third-order valence-corrected chi connectivity index (χ3v) is 5.41. The number of piperazine rings is 1. The van der Waals surface area contributed by atoms with Gasteiger partial charge >= 0.3 is 0 Å². The van der Waals surface area contributed by atoms with Crippen molar-refractivity contribution < 1.29 is 4.79 Å². The van der Waals surface area contributed by atoms with Crippen LogP contribution >= 0.6 is 12.4 Å². The predicted octanol–water partition coefficient (Wildman–Crippen LogP) is 2.23. The van der Waals surface area contributed by atoms with Crippen LogP contribution in [0.15, 0.2) is 42.7 Å². The number of carbonyl (C=O) groups excluding carboxylic acids is 1. The van der Waals surface area contributed by atoms with Crippen molar-refractivity contribution in [1.82, 2.24) is 29.5 Å². The summed E-state index contributed by atoms with van der Waals surface area (Å²) < 4.78 is 3.88. The van der Waals surface area contributed by atoms with Crippen molar-refractivity contribution in [3.63, 3.8) is 0 Å². The Morgan fingerprint density at radius 1 is 1.27 bits per heavy atom. The predicted molar refractivity (Wildman–Crippen MR) is 119 cm³/mol. The molecule has 0 bridgehead atoms. The Morgan fingerprint density at radius 3 is 2.73 bits per heavy atom. The molecule has 1 atom stereocenters. The number of halogens is 1. The number of nitrogens with zero attached hydrogens (tertiary/aromatic N) is 5. The third-order valence-electron chi connectivity index (χ3n) is 5.41. The van der Waals surface area contributed by atoms with Crippen LogP contribution in [0.3, 0.4) is 0 Å². The van der Waals surface area contributed by atoms with Gasteiger partial charge in [-0.15, -0.1) is 12.4 Å². The lowest BCUT2D eigenvalue weighted by molar-refractivity contribution is -0.118. The Labute approximate surface area is 182 Å². The summed E-state index contributed by atoms with van der Waals surface area (Å²) in [6.45, 7) is 6.65. The molecule has 0 saturated carbocycles. The molecule has 160 valence electrons. The van der Waals surface area contributed by atoms with Crippen molar-refractivity contribution in [3.8, 4) is 5.69 Å². The lowest BCUT2D eigenvalue weighted by Gasteiger charge is -2.35. The molecule has 0 radical (unpaired) electrons. The normalized spacial score (nSPS) is 16.8. The highest BCUT2D eigenvalue weighted by Gasteiger charge is 2.28. The summed E-state index contributed by atoms with van der Waals surface area (Å²) in [5, 5.41) is 11.1. The van der Waals surface area contributed by atoms with E-state index in [0.717, 1.165) is 48.2 Å². The molecule has 0 spiro atoms. The summed E-state index contributed by atoms with van der Waals surface area (Å²) in [4.78, 5) is 19.6. The molecule has 1 aliphatic heterocycles. The second kappa shape index (κ2) is 9.42. The van der Waals surface area contributed by atoms with E-state index in [1.165, 1.54) is 0 Å². The summed E-state index contributed by atoms with van der Waals surface area (Å²) >= 11 is 0. The standard InChI is InChI=1S/C21H27N7O.ClH/c1-15-20(16(2)28(25-15)17-7-5-4-6-8-17)24-19(29)14-27-12-9-22-13-18(27)21-23-10-11-26(21)3;/h4-8,10-11,18,22H,9,12-14H2,1-3H3,(H,24,29);1H. The number of rotatable bonds is 5. The fourth-order valence-corrected chi connectivity index (χ4v) is 3.90. The minimum Gasteiger partial charge on any atom is -0.337 e. The number of hydrogen-bond donors (Lipinski definition) is 2. The Bertz CT molecular complexity index is 998. The molecule has 9 heteroatoms. The first-order chi connectivity index (χ1) is 14.0. The van der Waals surface area contributed by atoms with E-state index in [1.807, 2.05) is 66.7 Å². The van der Waals surface area contributed by atoms with Gasteiger partial charge in [0.05, 0.1) is 35.3 Å². The number of anilines is 1. The average molecular weight is 430 g/mol. The van der Waals surface area contributed by atoms with E-state index < -0.39 is 0 Å². The number of carbonyl (C=O) groups is 1. The highest BCUT2D eigenvalue weighted by Crippen LogP contribution is 2.24. The van der Waals surface area contributed by atoms with Crippen LogP contribution in [0.25, 0.3) is 5.69 Å². The smallest absolute Gasteiger partial charge is 0.238 e. The Hall–Kier alpha value is -2.68. The number of aryl methyl sites for hydroxylation is 2. The van der Waals surface area contributed by atoms with E-state index in [0.29, 0.717) is 6.54 Å². The summed E-state index contributed by atoms with van der Waals surface area (Å²) in [7, 11) is 1.99. The van der Waals surface area contributed by atoms with E-state index in [4.69, 9.17) is 0 Å². The number of imidazole rings is 1. The molecule has 1 amide bonds. The molecule has 0 aliphatic carbocycles. The van der Waals surface area contributed by atoms with Gasteiger partial charge in [-0.2, -0.15) is 5.10 Å². The number of nitrogens with one attached hydrogen (secondary N) is 2. The minimum atomic E-state index is -0.0371. The average Bonchev–Trinajstić information content (AvgIpc) is 3.27. The maximum absolute atomic E-state index is 12.9. The Kier molecular flexibility index (Phi) is 6.91. The highest BCUT2D eigenvalue weighted by molar-refractivity contribution is 5.93. The SMILES string of the molecule is Cc1nn(-c2ccccc2)c(C)c1NC(=O)CN1CCNCC1c1nccn1C.Cl. The zero-order valence-corrected chi connectivity index (χ0v) is 18.3. The van der Waals surface area contributed by atoms with Gasteiger partial charge in [0.25, 0.3) is 0 Å². The Balaban J connectivity index is 0.00000256. The van der Waals surface area contributed by atoms with Crippen molar-refractivity contribution in [2.45, 2.75) is 19.9 Å². The zero-order valence-electron chi connectivity index (χ0n) is 17.5. The molecule has 2 aromatic heterocycles. The van der Waals surface area contributed by atoms with Gasteiger partial charge in [0.2, 0.25) is 5.91 Å². The monoisotopic (exact) mass is 429 g/mol. The second-order valence-electron chi connectivity index (χ2n) is 7.43. The number of hydrogen-bond acceptors (Lipinski definition) is 5. The van der Waals surface area contributed by atoms with Gasteiger partial charge in [-0.3, -0.25) is 9.69 Å². The molecule has 8 nitrogen and oxygen atoms in total. The number of amides is 1. The van der Waals surface area contributed by atoms with Crippen molar-refractivity contribution >= 4 is 24.0 Å². The first kappa shape index (κ1) is 22.0. The lowest BCUT2D eigenvalue weighted by atomic mass is 10.1. The number of para-hydroxylation sites is 1. The van der Waals surface area contributed by atoms with Gasteiger partial charge in [-0.25, -0.2) is 9.67 Å². The van der Waals surface area contributed by atoms with E-state index in [1.54, 1.807) is 6.20 Å². The van der Waals surface area contributed by atoms with Gasteiger partial charge in [0, 0.05) is 39.1 Å². The minimum absolute atomic E-state index is 0. The molecule has 3 aromatic rings. The first-order valence-electron chi connectivity index (χ1n) is 9.88. The summed E-state index contributed by atoms with van der Waals surface area (Å²) in [6.07, 6.45) is 3.74. The van der Waals surface area contributed by atoms with Gasteiger partial charge in [-0.05, 0) is 26.0 Å². The molecule has 1 aromatic carbocycles. The third kappa shape index (κ3) is 4.40. The van der Waals surface area contributed by atoms with Crippen LogP contribution in [0.1, 0.15) is 23.3 Å². The van der Waals surface area contributed by atoms with Crippen LogP contribution in [0.5, 0.6) is 0 Å². The van der Waals surface area contributed by atoms with Crippen molar-refractivity contribution in [2.75, 3.05) is 31.5 Å². The van der Waals surface area contributed by atoms with Crippen LogP contribution in [0.4, 0.5) is 5.69 Å². The molecule has 1 aliphatic rings. The van der Waals surface area contributed by atoms with Gasteiger partial charge in [0.15, 0.2) is 0 Å². The zero-order chi connectivity index (χ0) is 20.4. The highest BCUT2D eigenvalue weighted by atomic mass is 35.5. The molecule has 1 unspecified atom stereocenters. The lowest BCUT2D eigenvalue weighted by Crippen LogP contribution is -2.49. The van der Waals surface area contributed by atoms with Crippen molar-refractivity contribution in [1.29, 1.82) is 0 Å². The topological polar surface area (TPSA) is 80.0 Å². The number of aromatic nitrogens is 4. The van der Waals surface area contributed by atoms with Gasteiger partial charge < -0.3 is 15.2 Å².